The molecule has 1 aliphatic rings. The maximum Gasteiger partial charge on any atom is 0.274 e. The lowest BCUT2D eigenvalue weighted by atomic mass is 10.1. The Morgan fingerprint density at radius 3 is 2.71 bits per heavy atom. The molecule has 128 valence electrons. The van der Waals surface area contributed by atoms with Gasteiger partial charge in [-0.3, -0.25) is 9.48 Å². The molecule has 2 aromatic rings. The summed E-state index contributed by atoms with van der Waals surface area (Å²) in [5.74, 6) is 0.129. The summed E-state index contributed by atoms with van der Waals surface area (Å²) in [5, 5.41) is 4.47. The monoisotopic (exact) mass is 331 g/mol. The molecule has 3 rings (SSSR count). The van der Waals surface area contributed by atoms with Gasteiger partial charge in [0.05, 0.1) is 12.1 Å². The Labute approximate surface area is 141 Å². The average molecular weight is 331 g/mol. The minimum absolute atomic E-state index is 0.165. The van der Waals surface area contributed by atoms with Crippen LogP contribution in [0, 0.1) is 12.7 Å². The molecule has 0 spiro atoms. The van der Waals surface area contributed by atoms with Crippen LogP contribution in [0.3, 0.4) is 0 Å². The fraction of sp³-hybridized carbons (Fsp3) is 0.444. The molecule has 1 aromatic carbocycles. The van der Waals surface area contributed by atoms with Crippen LogP contribution in [-0.4, -0.2) is 33.7 Å². The molecule has 0 saturated carbocycles. The maximum absolute atomic E-state index is 13.5. The smallest absolute Gasteiger partial charge is 0.274 e. The second kappa shape index (κ2) is 5.92. The maximum atomic E-state index is 13.5. The van der Waals surface area contributed by atoms with Gasteiger partial charge in [0.25, 0.3) is 5.91 Å². The van der Waals surface area contributed by atoms with Crippen LogP contribution in [-0.2, 0) is 12.1 Å². The van der Waals surface area contributed by atoms with E-state index in [1.807, 2.05) is 32.4 Å². The van der Waals surface area contributed by atoms with E-state index < -0.39 is 0 Å². The minimum atomic E-state index is -0.334. The van der Waals surface area contributed by atoms with Crippen LogP contribution in [0.15, 0.2) is 24.3 Å². The Hall–Kier alpha value is -2.37. The molecular formula is C18H22FN3O2. The molecule has 2 heterocycles. The van der Waals surface area contributed by atoms with E-state index in [4.69, 9.17) is 4.74 Å². The van der Waals surface area contributed by atoms with Gasteiger partial charge in [-0.05, 0) is 52.0 Å². The molecule has 6 heteroatoms. The zero-order valence-corrected chi connectivity index (χ0v) is 14.5. The van der Waals surface area contributed by atoms with E-state index in [9.17, 15) is 9.18 Å². The fourth-order valence-electron chi connectivity index (χ4n) is 2.96. The van der Waals surface area contributed by atoms with Crippen LogP contribution >= 0.6 is 0 Å². The van der Waals surface area contributed by atoms with E-state index in [0.29, 0.717) is 36.7 Å². The van der Waals surface area contributed by atoms with Gasteiger partial charge in [-0.2, -0.15) is 5.10 Å². The van der Waals surface area contributed by atoms with Crippen LogP contribution in [0.1, 0.15) is 42.5 Å². The van der Waals surface area contributed by atoms with Crippen molar-refractivity contribution in [2.75, 3.05) is 13.2 Å². The summed E-state index contributed by atoms with van der Waals surface area (Å²) in [6.07, 6.45) is 0. The number of carbonyl (C=O) groups is 1. The molecule has 0 fully saturated rings. The summed E-state index contributed by atoms with van der Waals surface area (Å²) in [6.45, 7) is 9.19. The van der Waals surface area contributed by atoms with Gasteiger partial charge in [-0.1, -0.05) is 0 Å². The highest BCUT2D eigenvalue weighted by atomic mass is 19.1. The van der Waals surface area contributed by atoms with Crippen molar-refractivity contribution in [3.05, 3.63) is 47.0 Å². The number of nitrogens with zero attached hydrogens (tertiary/aromatic N) is 3. The van der Waals surface area contributed by atoms with E-state index >= 15 is 0 Å². The zero-order valence-electron chi connectivity index (χ0n) is 14.5. The highest BCUT2D eigenvalue weighted by molar-refractivity contribution is 5.92. The molecular weight excluding hydrogens is 309 g/mol. The molecule has 0 radical (unpaired) electrons. The van der Waals surface area contributed by atoms with Gasteiger partial charge in [0.1, 0.15) is 18.2 Å². The van der Waals surface area contributed by atoms with Crippen molar-refractivity contribution in [3.8, 4) is 5.75 Å². The van der Waals surface area contributed by atoms with Gasteiger partial charge in [-0.15, -0.1) is 0 Å². The molecule has 0 aliphatic carbocycles. The second-order valence-corrected chi connectivity index (χ2v) is 7.08. The Balaban J connectivity index is 1.88. The number of halogens is 1. The van der Waals surface area contributed by atoms with Crippen molar-refractivity contribution in [1.82, 2.24) is 14.7 Å². The van der Waals surface area contributed by atoms with Crippen LogP contribution < -0.4 is 4.74 Å². The number of fused-ring (bicyclic) bond motifs is 1. The molecule has 0 bridgehead atoms. The SMILES string of the molecule is Cc1cc(C(=O)N2CCOc3ccc(F)cc3C2)nn1C(C)(C)C. The summed E-state index contributed by atoms with van der Waals surface area (Å²) < 4.78 is 21.0. The number of hydrogen-bond donors (Lipinski definition) is 0. The minimum Gasteiger partial charge on any atom is -0.491 e. The van der Waals surface area contributed by atoms with E-state index in [2.05, 4.69) is 5.10 Å². The van der Waals surface area contributed by atoms with Crippen LogP contribution in [0.5, 0.6) is 5.75 Å². The Bertz CT molecular complexity index is 777. The Morgan fingerprint density at radius 1 is 1.29 bits per heavy atom. The number of aryl methyl sites for hydroxylation is 1. The Morgan fingerprint density at radius 2 is 2.04 bits per heavy atom. The average Bonchev–Trinajstić information content (AvgIpc) is 2.77. The molecule has 1 aromatic heterocycles. The second-order valence-electron chi connectivity index (χ2n) is 7.08. The van der Waals surface area contributed by atoms with Crippen molar-refractivity contribution < 1.29 is 13.9 Å². The topological polar surface area (TPSA) is 47.4 Å². The van der Waals surface area contributed by atoms with Gasteiger partial charge in [0, 0.05) is 17.8 Å². The molecule has 24 heavy (non-hydrogen) atoms. The molecule has 1 amide bonds. The molecule has 0 N–H and O–H groups in total. The van der Waals surface area contributed by atoms with E-state index in [-0.39, 0.29) is 17.3 Å². The molecule has 1 aliphatic heterocycles. The summed E-state index contributed by atoms with van der Waals surface area (Å²) in [5.41, 5.74) is 1.82. The highest BCUT2D eigenvalue weighted by Crippen LogP contribution is 2.25. The van der Waals surface area contributed by atoms with Crippen LogP contribution in [0.25, 0.3) is 0 Å². The van der Waals surface area contributed by atoms with Gasteiger partial charge in [0.15, 0.2) is 5.69 Å². The molecule has 5 nitrogen and oxygen atoms in total. The zero-order chi connectivity index (χ0) is 17.5. The lowest BCUT2D eigenvalue weighted by Crippen LogP contribution is -2.33. The van der Waals surface area contributed by atoms with Crippen molar-refractivity contribution in [2.45, 2.75) is 39.8 Å². The standard InChI is InChI=1S/C18H22FN3O2/c1-12-9-15(20-22(12)18(2,3)4)17(23)21-7-8-24-16-6-5-14(19)10-13(16)11-21/h5-6,9-10H,7-8,11H2,1-4H3. The van der Waals surface area contributed by atoms with Crippen molar-refractivity contribution in [2.24, 2.45) is 0 Å². The van der Waals surface area contributed by atoms with Crippen molar-refractivity contribution in [1.29, 1.82) is 0 Å². The highest BCUT2D eigenvalue weighted by Gasteiger charge is 2.25. The predicted molar refractivity (Wildman–Crippen MR) is 88.6 cm³/mol. The van der Waals surface area contributed by atoms with E-state index in [1.54, 1.807) is 17.0 Å². The van der Waals surface area contributed by atoms with Crippen LogP contribution in [0.4, 0.5) is 4.39 Å². The number of rotatable bonds is 1. The third-order valence-corrected chi connectivity index (χ3v) is 4.03. The van der Waals surface area contributed by atoms with Gasteiger partial charge in [-0.25, -0.2) is 4.39 Å². The van der Waals surface area contributed by atoms with Gasteiger partial charge in [0.2, 0.25) is 0 Å². The number of aromatic nitrogens is 2. The summed E-state index contributed by atoms with van der Waals surface area (Å²) in [6, 6.07) is 6.19. The van der Waals surface area contributed by atoms with E-state index in [1.165, 1.54) is 12.1 Å². The third-order valence-electron chi connectivity index (χ3n) is 4.03. The summed E-state index contributed by atoms with van der Waals surface area (Å²) in [7, 11) is 0. The Kier molecular flexibility index (Phi) is 4.07. The normalized spacial score (nSPS) is 14.8. The molecule has 0 unspecified atom stereocenters. The number of carbonyl (C=O) groups excluding carboxylic acids is 1. The predicted octanol–water partition coefficient (Wildman–Crippen LogP) is 3.12. The first kappa shape index (κ1) is 16.5. The number of hydrogen-bond acceptors (Lipinski definition) is 3. The van der Waals surface area contributed by atoms with Gasteiger partial charge >= 0.3 is 0 Å². The number of benzene rings is 1. The quantitative estimate of drug-likeness (QED) is 0.807. The largest absolute Gasteiger partial charge is 0.491 e. The lowest BCUT2D eigenvalue weighted by Gasteiger charge is -2.21. The van der Waals surface area contributed by atoms with Crippen molar-refractivity contribution in [3.63, 3.8) is 0 Å². The first-order valence-electron chi connectivity index (χ1n) is 8.03. The summed E-state index contributed by atoms with van der Waals surface area (Å²) in [4.78, 5) is 14.5. The molecule has 0 atom stereocenters. The van der Waals surface area contributed by atoms with Gasteiger partial charge < -0.3 is 9.64 Å². The fourth-order valence-corrected chi connectivity index (χ4v) is 2.96. The first-order valence-corrected chi connectivity index (χ1v) is 8.03. The number of ether oxygens (including phenoxy) is 1. The third kappa shape index (κ3) is 3.13. The van der Waals surface area contributed by atoms with Crippen molar-refractivity contribution >= 4 is 5.91 Å². The lowest BCUT2D eigenvalue weighted by molar-refractivity contribution is 0.0725. The number of amides is 1. The first-order chi connectivity index (χ1) is 11.3. The van der Waals surface area contributed by atoms with Crippen LogP contribution in [0.2, 0.25) is 0 Å². The van der Waals surface area contributed by atoms with E-state index in [0.717, 1.165) is 5.69 Å². The molecule has 0 saturated heterocycles. The summed E-state index contributed by atoms with van der Waals surface area (Å²) >= 11 is 0.